The molecule has 1 saturated heterocycles. The van der Waals surface area contributed by atoms with Gasteiger partial charge in [-0.05, 0) is 31.7 Å². The number of rotatable bonds is 6. The summed E-state index contributed by atoms with van der Waals surface area (Å²) in [4.78, 5) is 26.0. The maximum absolute atomic E-state index is 13.0. The van der Waals surface area contributed by atoms with Crippen molar-refractivity contribution < 1.29 is 19.1 Å². The second kappa shape index (κ2) is 9.54. The van der Waals surface area contributed by atoms with Crippen LogP contribution in [0.3, 0.4) is 0 Å². The van der Waals surface area contributed by atoms with E-state index in [2.05, 4.69) is 44.6 Å². The fourth-order valence-corrected chi connectivity index (χ4v) is 4.95. The predicted octanol–water partition coefficient (Wildman–Crippen LogP) is 3.65. The molecule has 28 heavy (non-hydrogen) atoms. The van der Waals surface area contributed by atoms with Gasteiger partial charge in [0.05, 0.1) is 21.3 Å². The van der Waals surface area contributed by atoms with E-state index in [9.17, 15) is 9.59 Å². The quantitative estimate of drug-likeness (QED) is 0.377. The topological polar surface area (TPSA) is 59.1 Å². The molecule has 0 aromatic carbocycles. The molecule has 0 aromatic rings. The Labute approximate surface area is 172 Å². The molecule has 0 bridgehead atoms. The van der Waals surface area contributed by atoms with Crippen molar-refractivity contribution in [2.45, 2.75) is 65.6 Å². The molecule has 162 valence electrons. The number of hydrogen-bond donors (Lipinski definition) is 0. The van der Waals surface area contributed by atoms with Gasteiger partial charge in [-0.25, -0.2) is 10.0 Å². The minimum atomic E-state index is -1.76. The molecular weight excluding hydrogens is 372 g/mol. The Hall–Kier alpha value is -1.18. The number of esters is 2. The zero-order valence-corrected chi connectivity index (χ0v) is 20.3. The van der Waals surface area contributed by atoms with Gasteiger partial charge in [0.1, 0.15) is 0 Å². The van der Waals surface area contributed by atoms with Crippen LogP contribution in [0.15, 0.2) is 11.3 Å². The highest BCUT2D eigenvalue weighted by molar-refractivity contribution is 6.84. The van der Waals surface area contributed by atoms with Crippen LogP contribution in [-0.2, 0) is 19.1 Å². The number of nitrogens with zero attached hydrogens (tertiary/aromatic N) is 2. The maximum Gasteiger partial charge on any atom is 0.323 e. The number of ether oxygens (including phenoxy) is 2. The smallest absolute Gasteiger partial charge is 0.323 e. The summed E-state index contributed by atoms with van der Waals surface area (Å²) in [7, 11) is 2.22. The molecule has 0 unspecified atom stereocenters. The van der Waals surface area contributed by atoms with Crippen LogP contribution in [0.2, 0.25) is 18.1 Å². The third kappa shape index (κ3) is 5.67. The molecule has 0 atom stereocenters. The van der Waals surface area contributed by atoms with Crippen molar-refractivity contribution in [3.05, 3.63) is 11.3 Å². The van der Waals surface area contributed by atoms with Crippen molar-refractivity contribution in [3.63, 3.8) is 0 Å². The summed E-state index contributed by atoms with van der Waals surface area (Å²) in [5.41, 5.74) is 2.23. The summed E-state index contributed by atoms with van der Waals surface area (Å²) in [6.45, 7) is 16.8. The van der Waals surface area contributed by atoms with E-state index in [1.54, 1.807) is 13.8 Å². The van der Waals surface area contributed by atoms with E-state index in [4.69, 9.17) is 9.47 Å². The Morgan fingerprint density at radius 1 is 1.14 bits per heavy atom. The highest BCUT2D eigenvalue weighted by Gasteiger charge is 2.51. The van der Waals surface area contributed by atoms with E-state index < -0.39 is 25.4 Å². The lowest BCUT2D eigenvalue weighted by molar-refractivity contribution is -0.172. The Bertz CT molecular complexity index is 576. The van der Waals surface area contributed by atoms with Gasteiger partial charge in [-0.2, -0.15) is 0 Å². The van der Waals surface area contributed by atoms with E-state index in [1.807, 2.05) is 19.1 Å². The van der Waals surface area contributed by atoms with Gasteiger partial charge in [0, 0.05) is 27.2 Å². The van der Waals surface area contributed by atoms with Gasteiger partial charge in [0.2, 0.25) is 0 Å². The monoisotopic (exact) mass is 412 g/mol. The van der Waals surface area contributed by atoms with Gasteiger partial charge in [-0.1, -0.05) is 45.1 Å². The molecule has 1 heterocycles. The minimum absolute atomic E-state index is 0.172. The van der Waals surface area contributed by atoms with Crippen LogP contribution < -0.4 is 0 Å². The Morgan fingerprint density at radius 2 is 1.64 bits per heavy atom. The van der Waals surface area contributed by atoms with E-state index >= 15 is 0 Å². The highest BCUT2D eigenvalue weighted by Crippen LogP contribution is 2.41. The van der Waals surface area contributed by atoms with Crippen molar-refractivity contribution in [2.24, 2.45) is 5.41 Å². The fraction of sp³-hybridized carbons (Fsp3) is 0.810. The van der Waals surface area contributed by atoms with Gasteiger partial charge >= 0.3 is 11.9 Å². The molecule has 0 aromatic heterocycles. The van der Waals surface area contributed by atoms with Crippen LogP contribution in [0.5, 0.6) is 0 Å². The van der Waals surface area contributed by atoms with Crippen LogP contribution in [-0.4, -0.2) is 70.4 Å². The largest absolute Gasteiger partial charge is 0.465 e. The lowest BCUT2D eigenvalue weighted by Gasteiger charge is -2.36. The van der Waals surface area contributed by atoms with Crippen LogP contribution in [0.25, 0.3) is 0 Å². The Balaban J connectivity index is 3.49. The molecule has 1 rings (SSSR count). The molecule has 0 radical (unpaired) electrons. The van der Waals surface area contributed by atoms with Gasteiger partial charge < -0.3 is 9.47 Å². The molecule has 1 aliphatic heterocycles. The Kier molecular flexibility index (Phi) is 8.47. The lowest BCUT2D eigenvalue weighted by Crippen LogP contribution is -2.44. The highest BCUT2D eigenvalue weighted by atomic mass is 28.3. The summed E-state index contributed by atoms with van der Waals surface area (Å²) in [5.74, 6) is -0.926. The van der Waals surface area contributed by atoms with Gasteiger partial charge in [-0.15, -0.1) is 0 Å². The molecule has 0 N–H and O–H groups in total. The van der Waals surface area contributed by atoms with Gasteiger partial charge in [-0.3, -0.25) is 9.59 Å². The minimum Gasteiger partial charge on any atom is -0.465 e. The number of carbonyl (C=O) groups is 2. The molecule has 1 aliphatic rings. The van der Waals surface area contributed by atoms with Crippen LogP contribution >= 0.6 is 0 Å². The van der Waals surface area contributed by atoms with E-state index in [-0.39, 0.29) is 18.3 Å². The lowest BCUT2D eigenvalue weighted by atomic mass is 9.79. The normalized spacial score (nSPS) is 20.1. The van der Waals surface area contributed by atoms with Crippen molar-refractivity contribution in [3.8, 4) is 0 Å². The SMILES string of the molecule is CCOC(=O)C1(C(=O)OCC)CCN(N(C)C)C/C(=C\[Si](C)(C)C(C)(C)C)C1. The summed E-state index contributed by atoms with van der Waals surface area (Å²) >= 11 is 0. The summed E-state index contributed by atoms with van der Waals surface area (Å²) in [6.07, 6.45) is 0.749. The Morgan fingerprint density at radius 3 is 2.04 bits per heavy atom. The van der Waals surface area contributed by atoms with Crippen molar-refractivity contribution in [2.75, 3.05) is 40.4 Å². The molecule has 0 aliphatic carbocycles. The zero-order chi connectivity index (χ0) is 21.8. The first-order chi connectivity index (χ1) is 12.8. The number of hydrazine groups is 1. The summed E-state index contributed by atoms with van der Waals surface area (Å²) in [5, 5.41) is 4.39. The average Bonchev–Trinajstić information content (AvgIpc) is 2.74. The predicted molar refractivity (Wildman–Crippen MR) is 115 cm³/mol. The zero-order valence-electron chi connectivity index (χ0n) is 19.3. The van der Waals surface area contributed by atoms with E-state index in [0.717, 1.165) is 5.57 Å². The first-order valence-electron chi connectivity index (χ1n) is 10.3. The maximum atomic E-state index is 13.0. The van der Waals surface area contributed by atoms with Crippen molar-refractivity contribution in [1.82, 2.24) is 10.0 Å². The standard InChI is InChI=1S/C21H40N2O4Si/c1-10-26-18(24)21(19(25)27-11-2)12-13-23(22(6)7)15-17(14-21)16-28(8,9)20(3,4)5/h16H,10-15H2,1-9H3/b17-16-. The van der Waals surface area contributed by atoms with Gasteiger partial charge in [0.15, 0.2) is 5.41 Å². The molecule has 0 spiro atoms. The third-order valence-electron chi connectivity index (χ3n) is 6.11. The number of hydrogen-bond acceptors (Lipinski definition) is 6. The summed E-state index contributed by atoms with van der Waals surface area (Å²) < 4.78 is 10.7. The molecule has 0 amide bonds. The number of carbonyl (C=O) groups excluding carboxylic acids is 2. The first-order valence-corrected chi connectivity index (χ1v) is 13.4. The molecular formula is C21H40N2O4Si. The second-order valence-corrected chi connectivity index (χ2v) is 14.7. The van der Waals surface area contributed by atoms with Crippen LogP contribution in [0.4, 0.5) is 0 Å². The van der Waals surface area contributed by atoms with Crippen molar-refractivity contribution >= 4 is 20.0 Å². The van der Waals surface area contributed by atoms with Crippen LogP contribution in [0.1, 0.15) is 47.5 Å². The average molecular weight is 413 g/mol. The molecule has 6 nitrogen and oxygen atoms in total. The van der Waals surface area contributed by atoms with E-state index in [0.29, 0.717) is 25.9 Å². The van der Waals surface area contributed by atoms with E-state index in [1.165, 1.54) is 0 Å². The van der Waals surface area contributed by atoms with Crippen LogP contribution in [0, 0.1) is 5.41 Å². The summed E-state index contributed by atoms with van der Waals surface area (Å²) in [6, 6.07) is 0. The molecule has 0 saturated carbocycles. The first kappa shape index (κ1) is 24.9. The van der Waals surface area contributed by atoms with Gasteiger partial charge in [0.25, 0.3) is 0 Å². The van der Waals surface area contributed by atoms with Crippen molar-refractivity contribution in [1.29, 1.82) is 0 Å². The molecule has 7 heteroatoms. The second-order valence-electron chi connectivity index (χ2n) is 9.46. The molecule has 1 fully saturated rings. The fourth-order valence-electron chi connectivity index (χ4n) is 3.30. The third-order valence-corrected chi connectivity index (χ3v) is 11.1.